The quantitative estimate of drug-likeness (QED) is 0.644. The zero-order valence-corrected chi connectivity index (χ0v) is 14.9. The molecule has 0 spiro atoms. The zero-order valence-electron chi connectivity index (χ0n) is 14.9. The highest BCUT2D eigenvalue weighted by molar-refractivity contribution is 6.06. The lowest BCUT2D eigenvalue weighted by molar-refractivity contribution is -0.130. The predicted molar refractivity (Wildman–Crippen MR) is 87.6 cm³/mol. The van der Waals surface area contributed by atoms with Crippen LogP contribution in [0.5, 0.6) is 0 Å². The van der Waals surface area contributed by atoms with Gasteiger partial charge in [0.1, 0.15) is 5.69 Å². The van der Waals surface area contributed by atoms with Crippen LogP contribution < -0.4 is 0 Å². The second-order valence-corrected chi connectivity index (χ2v) is 6.22. The number of carbonyl (C=O) groups excluding carboxylic acids is 3. The fourth-order valence-corrected chi connectivity index (χ4v) is 2.73. The fraction of sp³-hybridized carbons (Fsp3) is 0.588. The fourth-order valence-electron chi connectivity index (χ4n) is 2.73. The monoisotopic (exact) mass is 322 g/mol. The van der Waals surface area contributed by atoms with Crippen molar-refractivity contribution >= 4 is 17.7 Å². The lowest BCUT2D eigenvalue weighted by Gasteiger charge is -2.29. The van der Waals surface area contributed by atoms with E-state index in [-0.39, 0.29) is 23.3 Å². The van der Waals surface area contributed by atoms with Gasteiger partial charge in [-0.25, -0.2) is 4.79 Å². The van der Waals surface area contributed by atoms with Crippen LogP contribution in [0.25, 0.3) is 0 Å². The van der Waals surface area contributed by atoms with E-state index < -0.39 is 12.0 Å². The molecule has 1 aromatic heterocycles. The first-order chi connectivity index (χ1) is 10.6. The Kier molecular flexibility index (Phi) is 6.12. The number of hydrogen-bond acceptors (Lipinski definition) is 4. The average Bonchev–Trinajstić information content (AvgIpc) is 2.77. The molecule has 1 N–H and O–H groups in total. The van der Waals surface area contributed by atoms with Crippen molar-refractivity contribution in [2.75, 3.05) is 13.7 Å². The van der Waals surface area contributed by atoms with Crippen LogP contribution in [-0.2, 0) is 9.53 Å². The van der Waals surface area contributed by atoms with E-state index in [4.69, 9.17) is 4.74 Å². The Morgan fingerprint density at radius 2 is 1.74 bits per heavy atom. The number of H-pyrrole nitrogens is 1. The second kappa shape index (κ2) is 7.44. The minimum Gasteiger partial charge on any atom is -0.464 e. The van der Waals surface area contributed by atoms with Gasteiger partial charge in [0.25, 0.3) is 0 Å². The van der Waals surface area contributed by atoms with Gasteiger partial charge in [0.15, 0.2) is 5.78 Å². The number of amides is 1. The van der Waals surface area contributed by atoms with Crippen LogP contribution in [0.1, 0.15) is 59.8 Å². The smallest absolute Gasteiger partial charge is 0.354 e. The predicted octanol–water partition coefficient (Wildman–Crippen LogP) is 2.49. The number of rotatable bonds is 6. The summed E-state index contributed by atoms with van der Waals surface area (Å²) >= 11 is 0. The maximum atomic E-state index is 12.9. The van der Waals surface area contributed by atoms with E-state index in [1.54, 1.807) is 25.7 Å². The number of methoxy groups -OCH3 is 1. The number of aryl methyl sites for hydroxylation is 1. The molecule has 1 heterocycles. The summed E-state index contributed by atoms with van der Waals surface area (Å²) in [6.45, 7) is 11.1. The van der Waals surface area contributed by atoms with Crippen LogP contribution in [-0.4, -0.2) is 47.2 Å². The summed E-state index contributed by atoms with van der Waals surface area (Å²) in [6, 6.07) is -0.589. The van der Waals surface area contributed by atoms with Gasteiger partial charge >= 0.3 is 5.97 Å². The number of Topliss-reactive ketones (excluding diaryl/α,β-unsaturated/α-hetero) is 1. The van der Waals surface area contributed by atoms with Gasteiger partial charge in [-0.05, 0) is 32.3 Å². The molecule has 128 valence electrons. The van der Waals surface area contributed by atoms with E-state index in [9.17, 15) is 14.4 Å². The molecule has 23 heavy (non-hydrogen) atoms. The van der Waals surface area contributed by atoms with Gasteiger partial charge in [-0.15, -0.1) is 0 Å². The van der Waals surface area contributed by atoms with E-state index in [0.29, 0.717) is 23.4 Å². The van der Waals surface area contributed by atoms with Gasteiger partial charge in [-0.3, -0.25) is 9.59 Å². The minimum atomic E-state index is -0.589. The number of ketones is 1. The van der Waals surface area contributed by atoms with Crippen LogP contribution in [0, 0.1) is 19.8 Å². The molecule has 1 rings (SSSR count). The normalized spacial score (nSPS) is 12.2. The summed E-state index contributed by atoms with van der Waals surface area (Å²) in [5, 5.41) is 0. The Balaban J connectivity index is 3.20. The SMILES string of the molecule is COC(=O)c1[nH]c(C)c(C(=O)[C@@H](C)N(CC(C)C)C(C)=O)c1C. The number of hydrogen-bond donors (Lipinski definition) is 1. The first kappa shape index (κ1) is 18.9. The number of esters is 1. The van der Waals surface area contributed by atoms with Crippen molar-refractivity contribution in [3.63, 3.8) is 0 Å². The summed E-state index contributed by atoms with van der Waals surface area (Å²) in [4.78, 5) is 41.0. The molecule has 1 atom stereocenters. The Bertz CT molecular complexity index is 616. The number of carbonyl (C=O) groups is 3. The van der Waals surface area contributed by atoms with Crippen LogP contribution >= 0.6 is 0 Å². The second-order valence-electron chi connectivity index (χ2n) is 6.22. The first-order valence-corrected chi connectivity index (χ1v) is 7.70. The van der Waals surface area contributed by atoms with E-state index in [1.165, 1.54) is 14.0 Å². The van der Waals surface area contributed by atoms with Gasteiger partial charge in [-0.2, -0.15) is 0 Å². The third-order valence-electron chi connectivity index (χ3n) is 3.89. The van der Waals surface area contributed by atoms with E-state index in [0.717, 1.165) is 0 Å². The van der Waals surface area contributed by atoms with Crippen molar-refractivity contribution in [2.45, 2.75) is 47.6 Å². The molecule has 6 nitrogen and oxygen atoms in total. The van der Waals surface area contributed by atoms with E-state index >= 15 is 0 Å². The van der Waals surface area contributed by atoms with E-state index in [1.807, 2.05) is 13.8 Å². The molecule has 1 aromatic rings. The molecule has 6 heteroatoms. The van der Waals surface area contributed by atoms with Gasteiger partial charge < -0.3 is 14.6 Å². The van der Waals surface area contributed by atoms with Gasteiger partial charge in [0.05, 0.1) is 13.2 Å². The number of nitrogens with one attached hydrogen (secondary N) is 1. The molecule has 0 aliphatic rings. The van der Waals surface area contributed by atoms with Crippen molar-refractivity contribution in [1.82, 2.24) is 9.88 Å². The molecule has 0 radical (unpaired) electrons. The summed E-state index contributed by atoms with van der Waals surface area (Å²) in [5.41, 5.74) is 1.89. The van der Waals surface area contributed by atoms with Crippen molar-refractivity contribution < 1.29 is 19.1 Å². The van der Waals surface area contributed by atoms with Crippen LogP contribution in [0.15, 0.2) is 0 Å². The lowest BCUT2D eigenvalue weighted by atomic mass is 9.99. The topological polar surface area (TPSA) is 79.5 Å². The summed E-state index contributed by atoms with van der Waals surface area (Å²) in [7, 11) is 1.29. The largest absolute Gasteiger partial charge is 0.464 e. The van der Waals surface area contributed by atoms with Crippen molar-refractivity contribution in [1.29, 1.82) is 0 Å². The molecule has 0 unspecified atom stereocenters. The standard InChI is InChI=1S/C17H26N2O4/c1-9(2)8-19(13(6)20)12(5)16(21)14-10(3)15(17(22)23-7)18-11(14)4/h9,12,18H,8H2,1-7H3/t12-/m1/s1. The summed E-state index contributed by atoms with van der Waals surface area (Å²) < 4.78 is 4.72. The number of aromatic nitrogens is 1. The van der Waals surface area contributed by atoms with Crippen molar-refractivity contribution in [2.24, 2.45) is 5.92 Å². The zero-order chi connectivity index (χ0) is 17.9. The Morgan fingerprint density at radius 1 is 1.17 bits per heavy atom. The maximum absolute atomic E-state index is 12.9. The summed E-state index contributed by atoms with van der Waals surface area (Å²) in [5.74, 6) is -0.572. The Labute approximate surface area is 137 Å². The van der Waals surface area contributed by atoms with Crippen molar-refractivity contribution in [3.8, 4) is 0 Å². The van der Waals surface area contributed by atoms with Gasteiger partial charge in [-0.1, -0.05) is 13.8 Å². The van der Waals surface area contributed by atoms with Crippen LogP contribution in [0.3, 0.4) is 0 Å². The van der Waals surface area contributed by atoms with Crippen molar-refractivity contribution in [3.05, 3.63) is 22.5 Å². The molecule has 0 bridgehead atoms. The lowest BCUT2D eigenvalue weighted by Crippen LogP contribution is -2.44. The maximum Gasteiger partial charge on any atom is 0.354 e. The molecule has 0 aliphatic heterocycles. The number of nitrogens with zero attached hydrogens (tertiary/aromatic N) is 1. The van der Waals surface area contributed by atoms with Crippen LogP contribution in [0.2, 0.25) is 0 Å². The third-order valence-corrected chi connectivity index (χ3v) is 3.89. The van der Waals surface area contributed by atoms with E-state index in [2.05, 4.69) is 4.98 Å². The average molecular weight is 322 g/mol. The Morgan fingerprint density at radius 3 is 2.17 bits per heavy atom. The highest BCUT2D eigenvalue weighted by atomic mass is 16.5. The molecule has 0 fully saturated rings. The highest BCUT2D eigenvalue weighted by Gasteiger charge is 2.30. The molecule has 0 aliphatic carbocycles. The molecule has 1 amide bonds. The van der Waals surface area contributed by atoms with Gasteiger partial charge in [0, 0.05) is 24.7 Å². The number of aromatic amines is 1. The molecular weight excluding hydrogens is 296 g/mol. The first-order valence-electron chi connectivity index (χ1n) is 7.70. The van der Waals surface area contributed by atoms with Crippen LogP contribution in [0.4, 0.5) is 0 Å². The molecular formula is C17H26N2O4. The molecule has 0 aromatic carbocycles. The Hall–Kier alpha value is -2.11. The number of ether oxygens (including phenoxy) is 1. The van der Waals surface area contributed by atoms with Gasteiger partial charge in [0.2, 0.25) is 5.91 Å². The highest BCUT2D eigenvalue weighted by Crippen LogP contribution is 2.22. The minimum absolute atomic E-state index is 0.140. The third kappa shape index (κ3) is 4.00. The molecule has 0 saturated heterocycles. The summed E-state index contributed by atoms with van der Waals surface area (Å²) in [6.07, 6.45) is 0. The molecule has 0 saturated carbocycles.